The summed E-state index contributed by atoms with van der Waals surface area (Å²) in [5.74, 6) is 0.382. The van der Waals surface area contributed by atoms with Crippen LogP contribution in [0.5, 0.6) is 5.75 Å². The smallest absolute Gasteiger partial charge is 0.262 e. The number of hydrogen-bond acceptors (Lipinski definition) is 4. The quantitative estimate of drug-likeness (QED) is 0.641. The van der Waals surface area contributed by atoms with E-state index in [-0.39, 0.29) is 18.4 Å². The highest BCUT2D eigenvalue weighted by Crippen LogP contribution is 2.13. The fourth-order valence-corrected chi connectivity index (χ4v) is 2.30. The molecule has 26 heavy (non-hydrogen) atoms. The van der Waals surface area contributed by atoms with Gasteiger partial charge in [0.2, 0.25) is 5.91 Å². The third-order valence-electron chi connectivity index (χ3n) is 3.74. The lowest BCUT2D eigenvalue weighted by molar-refractivity contribution is -0.121. The molecule has 0 bridgehead atoms. The van der Waals surface area contributed by atoms with Crippen molar-refractivity contribution >= 4 is 17.5 Å². The molecule has 2 aromatic rings. The summed E-state index contributed by atoms with van der Waals surface area (Å²) in [6.45, 7) is 2.86. The molecule has 0 spiro atoms. The second-order valence-electron chi connectivity index (χ2n) is 5.99. The first-order valence-corrected chi connectivity index (χ1v) is 8.62. The van der Waals surface area contributed by atoms with E-state index in [1.165, 1.54) is 0 Å². The minimum atomic E-state index is -0.208. The van der Waals surface area contributed by atoms with Crippen LogP contribution in [-0.4, -0.2) is 31.5 Å². The van der Waals surface area contributed by atoms with Gasteiger partial charge in [-0.25, -0.2) is 0 Å². The minimum Gasteiger partial charge on any atom is -0.484 e. The Labute approximate surface area is 153 Å². The van der Waals surface area contributed by atoms with Crippen molar-refractivity contribution in [2.24, 2.45) is 5.73 Å². The molecule has 2 aromatic carbocycles. The summed E-state index contributed by atoms with van der Waals surface area (Å²) in [5.41, 5.74) is 8.29. The van der Waals surface area contributed by atoms with Crippen molar-refractivity contribution in [3.8, 4) is 5.75 Å². The number of carbonyl (C=O) groups is 2. The van der Waals surface area contributed by atoms with Crippen molar-refractivity contribution in [3.05, 3.63) is 59.7 Å². The molecule has 0 radical (unpaired) electrons. The lowest BCUT2D eigenvalue weighted by atomic mass is 10.1. The van der Waals surface area contributed by atoms with E-state index in [0.29, 0.717) is 25.3 Å². The topological polar surface area (TPSA) is 93.5 Å². The zero-order valence-corrected chi connectivity index (χ0v) is 15.0. The largest absolute Gasteiger partial charge is 0.484 e. The molecule has 0 fully saturated rings. The molecule has 0 atom stereocenters. The number of aryl methyl sites for hydroxylation is 1. The number of carbonyl (C=O) groups excluding carboxylic acids is 2. The lowest BCUT2D eigenvalue weighted by Crippen LogP contribution is -2.27. The molecule has 4 N–H and O–H groups in total. The van der Waals surface area contributed by atoms with Crippen molar-refractivity contribution in [2.75, 3.05) is 25.0 Å². The zero-order valence-electron chi connectivity index (χ0n) is 15.0. The molecule has 2 rings (SSSR count). The Morgan fingerprint density at radius 2 is 1.69 bits per heavy atom. The van der Waals surface area contributed by atoms with Gasteiger partial charge in [0.25, 0.3) is 5.91 Å². The highest BCUT2D eigenvalue weighted by atomic mass is 16.5. The van der Waals surface area contributed by atoms with Gasteiger partial charge in [-0.3, -0.25) is 9.59 Å². The molecule has 6 heteroatoms. The van der Waals surface area contributed by atoms with Crippen molar-refractivity contribution in [1.82, 2.24) is 5.32 Å². The maximum absolute atomic E-state index is 11.9. The highest BCUT2D eigenvalue weighted by molar-refractivity contribution is 5.91. The first-order valence-electron chi connectivity index (χ1n) is 8.62. The molecule has 0 saturated heterocycles. The molecule has 0 aliphatic heterocycles. The normalized spacial score (nSPS) is 10.2. The van der Waals surface area contributed by atoms with Crippen molar-refractivity contribution < 1.29 is 14.3 Å². The van der Waals surface area contributed by atoms with Gasteiger partial charge in [0.05, 0.1) is 0 Å². The second-order valence-corrected chi connectivity index (χ2v) is 5.99. The summed E-state index contributed by atoms with van der Waals surface area (Å²) < 4.78 is 5.50. The average molecular weight is 355 g/mol. The van der Waals surface area contributed by atoms with Crippen molar-refractivity contribution in [2.45, 2.75) is 19.8 Å². The molecule has 2 amide bonds. The molecular weight excluding hydrogens is 330 g/mol. The first-order chi connectivity index (χ1) is 12.6. The number of hydrogen-bond donors (Lipinski definition) is 3. The number of ether oxygens (including phenoxy) is 1. The van der Waals surface area contributed by atoms with E-state index in [0.717, 1.165) is 23.2 Å². The van der Waals surface area contributed by atoms with Crippen LogP contribution >= 0.6 is 0 Å². The predicted octanol–water partition coefficient (Wildman–Crippen LogP) is 2.02. The monoisotopic (exact) mass is 355 g/mol. The number of amides is 2. The predicted molar refractivity (Wildman–Crippen MR) is 102 cm³/mol. The van der Waals surface area contributed by atoms with Gasteiger partial charge in [-0.1, -0.05) is 29.8 Å². The van der Waals surface area contributed by atoms with Crippen LogP contribution in [0.15, 0.2) is 48.5 Å². The fraction of sp³-hybridized carbons (Fsp3) is 0.300. The summed E-state index contributed by atoms with van der Waals surface area (Å²) in [6.07, 6.45) is 1.07. The van der Waals surface area contributed by atoms with Crippen LogP contribution in [0.4, 0.5) is 5.69 Å². The Balaban J connectivity index is 1.72. The number of rotatable bonds is 9. The molecule has 0 saturated carbocycles. The van der Waals surface area contributed by atoms with Crippen LogP contribution in [0.2, 0.25) is 0 Å². The first kappa shape index (κ1) is 19.5. The third kappa shape index (κ3) is 6.94. The van der Waals surface area contributed by atoms with Gasteiger partial charge in [0, 0.05) is 25.2 Å². The number of anilines is 1. The second kappa shape index (κ2) is 10.2. The lowest BCUT2D eigenvalue weighted by Gasteiger charge is -2.09. The van der Waals surface area contributed by atoms with Gasteiger partial charge >= 0.3 is 0 Å². The van der Waals surface area contributed by atoms with E-state index < -0.39 is 0 Å². The van der Waals surface area contributed by atoms with Crippen LogP contribution < -0.4 is 21.1 Å². The van der Waals surface area contributed by atoms with Crippen LogP contribution in [0.1, 0.15) is 17.5 Å². The summed E-state index contributed by atoms with van der Waals surface area (Å²) >= 11 is 0. The fourth-order valence-electron chi connectivity index (χ4n) is 2.30. The molecule has 138 valence electrons. The summed E-state index contributed by atoms with van der Waals surface area (Å²) in [6, 6.07) is 15.1. The highest BCUT2D eigenvalue weighted by Gasteiger charge is 2.04. The Kier molecular flexibility index (Phi) is 7.64. The van der Waals surface area contributed by atoms with Crippen molar-refractivity contribution in [3.63, 3.8) is 0 Å². The molecule has 6 nitrogen and oxygen atoms in total. The van der Waals surface area contributed by atoms with Gasteiger partial charge in [-0.05, 0) is 43.2 Å². The van der Waals surface area contributed by atoms with Gasteiger partial charge in [0.15, 0.2) is 6.61 Å². The Morgan fingerprint density at radius 1 is 1.00 bits per heavy atom. The number of nitrogens with one attached hydrogen (secondary N) is 2. The Morgan fingerprint density at radius 3 is 2.35 bits per heavy atom. The van der Waals surface area contributed by atoms with Crippen molar-refractivity contribution in [1.29, 1.82) is 0 Å². The molecule has 0 aliphatic rings. The summed E-state index contributed by atoms with van der Waals surface area (Å²) in [5, 5.41) is 5.60. The van der Waals surface area contributed by atoms with Crippen LogP contribution in [0.25, 0.3) is 0 Å². The Bertz CT molecular complexity index is 712. The van der Waals surface area contributed by atoms with E-state index in [1.807, 2.05) is 55.5 Å². The van der Waals surface area contributed by atoms with Crippen LogP contribution in [0, 0.1) is 6.92 Å². The van der Waals surface area contributed by atoms with Gasteiger partial charge in [-0.15, -0.1) is 0 Å². The van der Waals surface area contributed by atoms with E-state index in [9.17, 15) is 9.59 Å². The Hall–Kier alpha value is -2.86. The molecule has 0 aliphatic carbocycles. The van der Waals surface area contributed by atoms with E-state index in [1.54, 1.807) is 0 Å². The number of nitrogens with two attached hydrogens (primary N) is 1. The average Bonchev–Trinajstić information content (AvgIpc) is 2.63. The van der Waals surface area contributed by atoms with Gasteiger partial charge < -0.3 is 21.1 Å². The minimum absolute atomic E-state index is 0.0351. The molecule has 0 aromatic heterocycles. The molecular formula is C20H25N3O3. The maximum Gasteiger partial charge on any atom is 0.262 e. The van der Waals surface area contributed by atoms with Crippen LogP contribution in [-0.2, 0) is 16.0 Å². The van der Waals surface area contributed by atoms with E-state index >= 15 is 0 Å². The number of benzene rings is 2. The van der Waals surface area contributed by atoms with Crippen LogP contribution in [0.3, 0.4) is 0 Å². The summed E-state index contributed by atoms with van der Waals surface area (Å²) in [4.78, 5) is 23.2. The van der Waals surface area contributed by atoms with E-state index in [2.05, 4.69) is 10.6 Å². The maximum atomic E-state index is 11.9. The molecule has 0 unspecified atom stereocenters. The summed E-state index contributed by atoms with van der Waals surface area (Å²) in [7, 11) is 0. The molecule has 0 heterocycles. The van der Waals surface area contributed by atoms with Gasteiger partial charge in [-0.2, -0.15) is 0 Å². The standard InChI is InChI=1S/C20H25N3O3/c1-15-2-6-17(7-3-15)23-20(25)14-26-18-8-4-16(5-9-18)11-13-22-19(24)10-12-21/h2-9H,10-14,21H2,1H3,(H,22,24)(H,23,25). The SMILES string of the molecule is Cc1ccc(NC(=O)COc2ccc(CCNC(=O)CCN)cc2)cc1. The zero-order chi connectivity index (χ0) is 18.8. The van der Waals surface area contributed by atoms with E-state index in [4.69, 9.17) is 10.5 Å². The third-order valence-corrected chi connectivity index (χ3v) is 3.74. The van der Waals surface area contributed by atoms with Gasteiger partial charge in [0.1, 0.15) is 5.75 Å².